The van der Waals surface area contributed by atoms with Gasteiger partial charge in [0.2, 0.25) is 0 Å². The highest BCUT2D eigenvalue weighted by atomic mass is 19.1. The molecular formula is C13H17FO3. The summed E-state index contributed by atoms with van der Waals surface area (Å²) in [6.45, 7) is 3.32. The van der Waals surface area contributed by atoms with Gasteiger partial charge < -0.3 is 9.84 Å². The third-order valence-electron chi connectivity index (χ3n) is 2.76. The van der Waals surface area contributed by atoms with Crippen LogP contribution in [0, 0.1) is 18.7 Å². The molecule has 0 amide bonds. The van der Waals surface area contributed by atoms with E-state index in [1.54, 1.807) is 26.0 Å². The van der Waals surface area contributed by atoms with Crippen molar-refractivity contribution in [2.75, 3.05) is 7.11 Å². The SMILES string of the molecule is COC(=O)C(C)CC(O)c1ccc(C)c(F)c1. The standard InChI is InChI=1S/C13H17FO3/c1-8-4-5-10(7-11(8)14)12(15)6-9(2)13(16)17-3/h4-5,7,9,12,15H,6H2,1-3H3. The lowest BCUT2D eigenvalue weighted by Gasteiger charge is -2.15. The Kier molecular flexibility index (Phi) is 4.63. The van der Waals surface area contributed by atoms with E-state index in [1.807, 2.05) is 0 Å². The van der Waals surface area contributed by atoms with Crippen LogP contribution in [-0.4, -0.2) is 18.2 Å². The number of halogens is 1. The second-order valence-corrected chi connectivity index (χ2v) is 4.18. The van der Waals surface area contributed by atoms with E-state index in [9.17, 15) is 14.3 Å². The summed E-state index contributed by atoms with van der Waals surface area (Å²) in [6, 6.07) is 4.56. The number of benzene rings is 1. The number of aliphatic hydroxyl groups is 1. The quantitative estimate of drug-likeness (QED) is 0.822. The van der Waals surface area contributed by atoms with Gasteiger partial charge in [0, 0.05) is 0 Å². The van der Waals surface area contributed by atoms with Crippen molar-refractivity contribution in [3.05, 3.63) is 35.1 Å². The molecule has 1 aromatic rings. The third-order valence-corrected chi connectivity index (χ3v) is 2.76. The van der Waals surface area contributed by atoms with Gasteiger partial charge in [0.25, 0.3) is 0 Å². The second kappa shape index (κ2) is 5.77. The summed E-state index contributed by atoms with van der Waals surface area (Å²) in [5.41, 5.74) is 1.01. The highest BCUT2D eigenvalue weighted by Crippen LogP contribution is 2.23. The molecule has 0 fully saturated rings. The molecule has 0 saturated heterocycles. The summed E-state index contributed by atoms with van der Waals surface area (Å²) in [5.74, 6) is -1.15. The van der Waals surface area contributed by atoms with Gasteiger partial charge in [-0.25, -0.2) is 4.39 Å². The van der Waals surface area contributed by atoms with Crippen LogP contribution in [0.5, 0.6) is 0 Å². The van der Waals surface area contributed by atoms with E-state index in [4.69, 9.17) is 0 Å². The topological polar surface area (TPSA) is 46.5 Å². The average Bonchev–Trinajstić information content (AvgIpc) is 2.31. The normalized spacial score (nSPS) is 14.2. The average molecular weight is 240 g/mol. The molecule has 0 aliphatic carbocycles. The molecule has 0 saturated carbocycles. The van der Waals surface area contributed by atoms with Gasteiger partial charge in [0.05, 0.1) is 19.1 Å². The Morgan fingerprint density at radius 1 is 1.53 bits per heavy atom. The number of carbonyl (C=O) groups is 1. The van der Waals surface area contributed by atoms with Gasteiger partial charge in [-0.3, -0.25) is 4.79 Å². The number of ether oxygens (including phenoxy) is 1. The molecule has 2 atom stereocenters. The number of hydrogen-bond acceptors (Lipinski definition) is 3. The summed E-state index contributed by atoms with van der Waals surface area (Å²) < 4.78 is 17.9. The highest BCUT2D eigenvalue weighted by Gasteiger charge is 2.19. The number of rotatable bonds is 4. The van der Waals surface area contributed by atoms with E-state index in [1.165, 1.54) is 13.2 Å². The first-order valence-corrected chi connectivity index (χ1v) is 5.47. The van der Waals surface area contributed by atoms with Crippen LogP contribution in [0.2, 0.25) is 0 Å². The van der Waals surface area contributed by atoms with E-state index in [0.29, 0.717) is 11.1 Å². The number of aliphatic hydroxyl groups excluding tert-OH is 1. The lowest BCUT2D eigenvalue weighted by molar-refractivity contribution is -0.145. The zero-order valence-electron chi connectivity index (χ0n) is 10.2. The fraction of sp³-hybridized carbons (Fsp3) is 0.462. The Hall–Kier alpha value is -1.42. The van der Waals surface area contributed by atoms with Crippen LogP contribution in [0.1, 0.15) is 30.6 Å². The fourth-order valence-electron chi connectivity index (χ4n) is 1.58. The number of carbonyl (C=O) groups excluding carboxylic acids is 1. The molecule has 0 spiro atoms. The largest absolute Gasteiger partial charge is 0.469 e. The Balaban J connectivity index is 2.72. The number of hydrogen-bond donors (Lipinski definition) is 1. The van der Waals surface area contributed by atoms with Crippen LogP contribution in [0.4, 0.5) is 4.39 Å². The molecule has 17 heavy (non-hydrogen) atoms. The molecule has 4 heteroatoms. The van der Waals surface area contributed by atoms with Gasteiger partial charge in [-0.05, 0) is 30.5 Å². The lowest BCUT2D eigenvalue weighted by Crippen LogP contribution is -2.16. The number of aryl methyl sites for hydroxylation is 1. The van der Waals surface area contributed by atoms with Crippen molar-refractivity contribution in [1.29, 1.82) is 0 Å². The summed E-state index contributed by atoms with van der Waals surface area (Å²) in [7, 11) is 1.30. The molecular weight excluding hydrogens is 223 g/mol. The summed E-state index contributed by atoms with van der Waals surface area (Å²) in [4.78, 5) is 11.2. The van der Waals surface area contributed by atoms with Crippen LogP contribution in [-0.2, 0) is 9.53 Å². The first kappa shape index (κ1) is 13.6. The molecule has 0 aliphatic rings. The Bertz CT molecular complexity index is 404. The predicted molar refractivity (Wildman–Crippen MR) is 61.9 cm³/mol. The van der Waals surface area contributed by atoms with E-state index in [2.05, 4.69) is 4.74 Å². The predicted octanol–water partition coefficient (Wildman–Crippen LogP) is 2.37. The molecule has 0 aromatic heterocycles. The van der Waals surface area contributed by atoms with Crippen molar-refractivity contribution in [1.82, 2.24) is 0 Å². The Labute approximate surface area is 100 Å². The van der Waals surface area contributed by atoms with Gasteiger partial charge in [-0.1, -0.05) is 19.1 Å². The maximum atomic E-state index is 13.3. The van der Waals surface area contributed by atoms with Crippen molar-refractivity contribution in [3.63, 3.8) is 0 Å². The zero-order valence-corrected chi connectivity index (χ0v) is 10.2. The van der Waals surface area contributed by atoms with Gasteiger partial charge in [-0.2, -0.15) is 0 Å². The Morgan fingerprint density at radius 2 is 2.18 bits per heavy atom. The summed E-state index contributed by atoms with van der Waals surface area (Å²) >= 11 is 0. The van der Waals surface area contributed by atoms with Gasteiger partial charge in [0.15, 0.2) is 0 Å². The number of esters is 1. The molecule has 1 N–H and O–H groups in total. The molecule has 0 heterocycles. The molecule has 0 radical (unpaired) electrons. The molecule has 94 valence electrons. The molecule has 1 aromatic carbocycles. The fourth-order valence-corrected chi connectivity index (χ4v) is 1.58. The minimum absolute atomic E-state index is 0.217. The molecule has 2 unspecified atom stereocenters. The van der Waals surface area contributed by atoms with Crippen LogP contribution in [0.3, 0.4) is 0 Å². The van der Waals surface area contributed by atoms with Crippen molar-refractivity contribution in [2.24, 2.45) is 5.92 Å². The van der Waals surface area contributed by atoms with E-state index in [-0.39, 0.29) is 18.2 Å². The Morgan fingerprint density at radius 3 is 2.71 bits per heavy atom. The first-order chi connectivity index (χ1) is 7.95. The van der Waals surface area contributed by atoms with E-state index in [0.717, 1.165) is 0 Å². The monoisotopic (exact) mass is 240 g/mol. The van der Waals surface area contributed by atoms with Gasteiger partial charge >= 0.3 is 5.97 Å². The maximum Gasteiger partial charge on any atom is 0.308 e. The van der Waals surface area contributed by atoms with Crippen LogP contribution in [0.15, 0.2) is 18.2 Å². The molecule has 0 bridgehead atoms. The van der Waals surface area contributed by atoms with Crippen LogP contribution in [0.25, 0.3) is 0 Å². The van der Waals surface area contributed by atoms with Gasteiger partial charge in [0.1, 0.15) is 5.82 Å². The minimum Gasteiger partial charge on any atom is -0.469 e. The van der Waals surface area contributed by atoms with E-state index >= 15 is 0 Å². The minimum atomic E-state index is -0.862. The smallest absolute Gasteiger partial charge is 0.308 e. The zero-order chi connectivity index (χ0) is 13.0. The third kappa shape index (κ3) is 3.53. The maximum absolute atomic E-state index is 13.3. The summed E-state index contributed by atoms with van der Waals surface area (Å²) in [6.07, 6.45) is -0.644. The molecule has 0 aliphatic heterocycles. The first-order valence-electron chi connectivity index (χ1n) is 5.47. The number of methoxy groups -OCH3 is 1. The van der Waals surface area contributed by atoms with Crippen molar-refractivity contribution < 1.29 is 19.0 Å². The molecule has 1 rings (SSSR count). The second-order valence-electron chi connectivity index (χ2n) is 4.18. The summed E-state index contributed by atoms with van der Waals surface area (Å²) in [5, 5.41) is 9.88. The van der Waals surface area contributed by atoms with Crippen molar-refractivity contribution >= 4 is 5.97 Å². The van der Waals surface area contributed by atoms with Gasteiger partial charge in [-0.15, -0.1) is 0 Å². The highest BCUT2D eigenvalue weighted by molar-refractivity contribution is 5.71. The molecule has 3 nitrogen and oxygen atoms in total. The lowest BCUT2D eigenvalue weighted by atomic mass is 9.97. The van der Waals surface area contributed by atoms with E-state index < -0.39 is 12.0 Å². The van der Waals surface area contributed by atoms with Crippen LogP contribution >= 0.6 is 0 Å². The van der Waals surface area contributed by atoms with Crippen molar-refractivity contribution in [3.8, 4) is 0 Å². The van der Waals surface area contributed by atoms with Crippen LogP contribution < -0.4 is 0 Å². The van der Waals surface area contributed by atoms with Crippen molar-refractivity contribution in [2.45, 2.75) is 26.4 Å².